The third kappa shape index (κ3) is 3.73. The molecule has 0 saturated carbocycles. The highest BCUT2D eigenvalue weighted by molar-refractivity contribution is 14.1. The van der Waals surface area contributed by atoms with Crippen LogP contribution in [0.4, 0.5) is 0 Å². The van der Waals surface area contributed by atoms with Crippen LogP contribution in [0.2, 0.25) is 0 Å². The van der Waals surface area contributed by atoms with E-state index in [2.05, 4.69) is 22.6 Å². The number of hydrogen-bond acceptors (Lipinski definition) is 2. The standard InChI is InChI=1S/C10H14INO.ClH/c1-2-9(13)10(12)7-4-3-5-8(11)6-7;/h3-6,9-10,13H,2,12H2,1H3;1H/t9-,10+;/m0./s1. The summed E-state index contributed by atoms with van der Waals surface area (Å²) >= 11 is 2.24. The molecule has 0 fully saturated rings. The minimum Gasteiger partial charge on any atom is -0.391 e. The molecule has 0 amide bonds. The first-order valence-corrected chi connectivity index (χ1v) is 5.42. The highest BCUT2D eigenvalue weighted by atomic mass is 127. The molecule has 0 heterocycles. The normalized spacial score (nSPS) is 14.3. The van der Waals surface area contributed by atoms with E-state index in [0.29, 0.717) is 6.42 Å². The second-order valence-electron chi connectivity index (χ2n) is 3.06. The number of halogens is 2. The van der Waals surface area contributed by atoms with E-state index in [0.717, 1.165) is 9.13 Å². The van der Waals surface area contributed by atoms with Crippen LogP contribution in [0.3, 0.4) is 0 Å². The SMILES string of the molecule is CC[C@H](O)[C@H](N)c1cccc(I)c1.Cl. The molecule has 0 radical (unpaired) electrons. The molecule has 0 aromatic heterocycles. The molecule has 4 heteroatoms. The molecule has 80 valence electrons. The van der Waals surface area contributed by atoms with Crippen LogP contribution in [0.15, 0.2) is 24.3 Å². The maximum atomic E-state index is 9.54. The molecule has 0 unspecified atom stereocenters. The molecular weight excluding hydrogens is 312 g/mol. The van der Waals surface area contributed by atoms with E-state index in [1.807, 2.05) is 31.2 Å². The smallest absolute Gasteiger partial charge is 0.0730 e. The fraction of sp³-hybridized carbons (Fsp3) is 0.400. The zero-order valence-electron chi connectivity index (χ0n) is 7.98. The van der Waals surface area contributed by atoms with Gasteiger partial charge in [-0.15, -0.1) is 12.4 Å². The lowest BCUT2D eigenvalue weighted by atomic mass is 10.0. The number of benzene rings is 1. The Hall–Kier alpha value is 0.160. The molecule has 0 aliphatic rings. The summed E-state index contributed by atoms with van der Waals surface area (Å²) in [7, 11) is 0. The number of nitrogens with two attached hydrogens (primary N) is 1. The van der Waals surface area contributed by atoms with Crippen molar-refractivity contribution in [1.82, 2.24) is 0 Å². The minimum absolute atomic E-state index is 0. The van der Waals surface area contributed by atoms with Gasteiger partial charge in [0.05, 0.1) is 12.1 Å². The highest BCUT2D eigenvalue weighted by Crippen LogP contribution is 2.18. The van der Waals surface area contributed by atoms with Gasteiger partial charge in [0, 0.05) is 3.57 Å². The predicted octanol–water partition coefficient (Wildman–Crippen LogP) is 2.48. The van der Waals surface area contributed by atoms with Gasteiger partial charge in [0.1, 0.15) is 0 Å². The first-order valence-electron chi connectivity index (χ1n) is 4.34. The predicted molar refractivity (Wildman–Crippen MR) is 69.6 cm³/mol. The maximum Gasteiger partial charge on any atom is 0.0730 e. The summed E-state index contributed by atoms with van der Waals surface area (Å²) in [6.45, 7) is 1.93. The summed E-state index contributed by atoms with van der Waals surface area (Å²) < 4.78 is 1.15. The molecule has 0 spiro atoms. The summed E-state index contributed by atoms with van der Waals surface area (Å²) in [5, 5.41) is 9.54. The van der Waals surface area contributed by atoms with E-state index in [4.69, 9.17) is 5.73 Å². The fourth-order valence-electron chi connectivity index (χ4n) is 1.19. The second-order valence-corrected chi connectivity index (χ2v) is 4.30. The van der Waals surface area contributed by atoms with Crippen LogP contribution in [0, 0.1) is 3.57 Å². The number of rotatable bonds is 3. The van der Waals surface area contributed by atoms with Gasteiger partial charge in [-0.1, -0.05) is 19.1 Å². The summed E-state index contributed by atoms with van der Waals surface area (Å²) in [5.41, 5.74) is 6.87. The van der Waals surface area contributed by atoms with Crippen LogP contribution >= 0.6 is 35.0 Å². The van der Waals surface area contributed by atoms with Gasteiger partial charge in [-0.25, -0.2) is 0 Å². The topological polar surface area (TPSA) is 46.2 Å². The Morgan fingerprint density at radius 1 is 1.50 bits per heavy atom. The van der Waals surface area contributed by atoms with Gasteiger partial charge in [0.25, 0.3) is 0 Å². The summed E-state index contributed by atoms with van der Waals surface area (Å²) in [6.07, 6.45) is 0.241. The van der Waals surface area contributed by atoms with Crippen molar-refractivity contribution in [3.63, 3.8) is 0 Å². The first kappa shape index (κ1) is 14.2. The molecule has 0 bridgehead atoms. The summed E-state index contributed by atoms with van der Waals surface area (Å²) in [4.78, 5) is 0. The van der Waals surface area contributed by atoms with Gasteiger partial charge in [-0.3, -0.25) is 0 Å². The number of aliphatic hydroxyl groups is 1. The van der Waals surface area contributed by atoms with E-state index in [9.17, 15) is 5.11 Å². The second kappa shape index (κ2) is 6.61. The Kier molecular flexibility index (Phi) is 6.68. The van der Waals surface area contributed by atoms with E-state index < -0.39 is 6.10 Å². The molecule has 0 aliphatic heterocycles. The zero-order valence-corrected chi connectivity index (χ0v) is 11.0. The average molecular weight is 328 g/mol. The Bertz CT molecular complexity index is 283. The molecule has 1 rings (SSSR count). The molecule has 1 aromatic carbocycles. The van der Waals surface area contributed by atoms with Crippen molar-refractivity contribution in [1.29, 1.82) is 0 Å². The third-order valence-corrected chi connectivity index (χ3v) is 2.74. The van der Waals surface area contributed by atoms with Crippen LogP contribution in [-0.4, -0.2) is 11.2 Å². The van der Waals surface area contributed by atoms with Crippen LogP contribution in [0.5, 0.6) is 0 Å². The largest absolute Gasteiger partial charge is 0.391 e. The molecule has 1 aromatic rings. The first-order chi connectivity index (χ1) is 6.15. The molecular formula is C10H15ClINO. The minimum atomic E-state index is -0.446. The van der Waals surface area contributed by atoms with Crippen LogP contribution in [0.1, 0.15) is 24.9 Å². The van der Waals surface area contributed by atoms with Crippen LogP contribution in [-0.2, 0) is 0 Å². The monoisotopic (exact) mass is 327 g/mol. The van der Waals surface area contributed by atoms with Gasteiger partial charge in [0.15, 0.2) is 0 Å². The van der Waals surface area contributed by atoms with Gasteiger partial charge in [-0.2, -0.15) is 0 Å². The van der Waals surface area contributed by atoms with Crippen molar-refractivity contribution >= 4 is 35.0 Å². The van der Waals surface area contributed by atoms with Crippen molar-refractivity contribution < 1.29 is 5.11 Å². The van der Waals surface area contributed by atoms with Gasteiger partial charge in [0.2, 0.25) is 0 Å². The summed E-state index contributed by atoms with van der Waals surface area (Å²) in [5.74, 6) is 0. The molecule has 2 nitrogen and oxygen atoms in total. The van der Waals surface area contributed by atoms with Crippen LogP contribution in [0.25, 0.3) is 0 Å². The number of aliphatic hydroxyl groups excluding tert-OH is 1. The van der Waals surface area contributed by atoms with Crippen molar-refractivity contribution in [3.05, 3.63) is 33.4 Å². The Balaban J connectivity index is 0.00000169. The highest BCUT2D eigenvalue weighted by Gasteiger charge is 2.14. The van der Waals surface area contributed by atoms with Crippen molar-refractivity contribution in [2.45, 2.75) is 25.5 Å². The quantitative estimate of drug-likeness (QED) is 0.838. The van der Waals surface area contributed by atoms with Gasteiger partial charge >= 0.3 is 0 Å². The third-order valence-electron chi connectivity index (χ3n) is 2.07. The number of hydrogen-bond donors (Lipinski definition) is 2. The molecule has 3 N–H and O–H groups in total. The van der Waals surface area contributed by atoms with Crippen molar-refractivity contribution in [2.75, 3.05) is 0 Å². The van der Waals surface area contributed by atoms with Crippen LogP contribution < -0.4 is 5.73 Å². The van der Waals surface area contributed by atoms with Gasteiger partial charge in [-0.05, 0) is 46.7 Å². The summed E-state index contributed by atoms with van der Waals surface area (Å²) in [6, 6.07) is 7.66. The van der Waals surface area contributed by atoms with E-state index in [-0.39, 0.29) is 18.4 Å². The maximum absolute atomic E-state index is 9.54. The van der Waals surface area contributed by atoms with E-state index >= 15 is 0 Å². The van der Waals surface area contributed by atoms with E-state index in [1.165, 1.54) is 0 Å². The molecule has 0 aliphatic carbocycles. The zero-order chi connectivity index (χ0) is 9.84. The molecule has 2 atom stereocenters. The van der Waals surface area contributed by atoms with Gasteiger partial charge < -0.3 is 10.8 Å². The Labute approximate surface area is 104 Å². The van der Waals surface area contributed by atoms with Crippen molar-refractivity contribution in [2.24, 2.45) is 5.73 Å². The lowest BCUT2D eigenvalue weighted by Crippen LogP contribution is -2.25. The Morgan fingerprint density at radius 2 is 2.14 bits per heavy atom. The van der Waals surface area contributed by atoms with Crippen molar-refractivity contribution in [3.8, 4) is 0 Å². The molecule has 0 saturated heterocycles. The molecule has 14 heavy (non-hydrogen) atoms. The Morgan fingerprint density at radius 3 is 2.64 bits per heavy atom. The lowest BCUT2D eigenvalue weighted by Gasteiger charge is -2.17. The van der Waals surface area contributed by atoms with E-state index in [1.54, 1.807) is 0 Å². The average Bonchev–Trinajstić information content (AvgIpc) is 2.15. The lowest BCUT2D eigenvalue weighted by molar-refractivity contribution is 0.140. The fourth-order valence-corrected chi connectivity index (χ4v) is 1.76.